The zero-order valence-corrected chi connectivity index (χ0v) is 12.0. The lowest BCUT2D eigenvalue weighted by atomic mass is 10.1. The molecule has 1 aromatic carbocycles. The second-order valence-corrected chi connectivity index (χ2v) is 5.25. The molecule has 3 rings (SSSR count). The van der Waals surface area contributed by atoms with Gasteiger partial charge in [-0.05, 0) is 37.1 Å². The number of aliphatic hydroxyl groups is 1. The molecule has 2 heterocycles. The number of hydrogen-bond donors (Lipinski definition) is 1. The molecule has 1 saturated heterocycles. The molecule has 0 bridgehead atoms. The van der Waals surface area contributed by atoms with Gasteiger partial charge in [-0.25, -0.2) is 0 Å². The van der Waals surface area contributed by atoms with E-state index in [1.165, 1.54) is 0 Å². The van der Waals surface area contributed by atoms with Crippen LogP contribution in [0.2, 0.25) is 0 Å². The maximum Gasteiger partial charge on any atom is 0.241 e. The number of rotatable bonds is 4. The fourth-order valence-electron chi connectivity index (χ4n) is 2.45. The van der Waals surface area contributed by atoms with Crippen molar-refractivity contribution in [3.63, 3.8) is 0 Å². The lowest BCUT2D eigenvalue weighted by Crippen LogP contribution is -2.35. The van der Waals surface area contributed by atoms with Crippen molar-refractivity contribution >= 4 is 0 Å². The summed E-state index contributed by atoms with van der Waals surface area (Å²) in [4.78, 5) is 6.65. The van der Waals surface area contributed by atoms with Crippen molar-refractivity contribution in [3.05, 3.63) is 30.2 Å². The molecule has 0 amide bonds. The summed E-state index contributed by atoms with van der Waals surface area (Å²) in [5.74, 6) is 2.00. The van der Waals surface area contributed by atoms with E-state index in [1.807, 2.05) is 24.3 Å². The van der Waals surface area contributed by atoms with Crippen LogP contribution in [-0.2, 0) is 6.54 Å². The molecule has 1 aliphatic rings. The summed E-state index contributed by atoms with van der Waals surface area (Å²) in [5.41, 5.74) is 0.903. The molecule has 21 heavy (non-hydrogen) atoms. The number of benzene rings is 1. The lowest BCUT2D eigenvalue weighted by Gasteiger charge is -2.27. The third-order valence-corrected chi connectivity index (χ3v) is 3.73. The second kappa shape index (κ2) is 6.24. The molecule has 112 valence electrons. The first-order valence-electron chi connectivity index (χ1n) is 7.12. The topological polar surface area (TPSA) is 71.6 Å². The summed E-state index contributed by atoms with van der Waals surface area (Å²) in [6.45, 7) is 2.36. The molecule has 2 aromatic rings. The minimum atomic E-state index is -0.168. The predicted molar refractivity (Wildman–Crippen MR) is 76.8 cm³/mol. The molecule has 0 spiro atoms. The highest BCUT2D eigenvalue weighted by molar-refractivity contribution is 5.55. The Labute approximate surface area is 123 Å². The van der Waals surface area contributed by atoms with Crippen LogP contribution in [0.15, 0.2) is 28.8 Å². The normalized spacial score (nSPS) is 17.0. The van der Waals surface area contributed by atoms with E-state index in [4.69, 9.17) is 9.26 Å². The number of piperidine rings is 1. The Morgan fingerprint density at radius 3 is 2.67 bits per heavy atom. The summed E-state index contributed by atoms with van der Waals surface area (Å²) >= 11 is 0. The van der Waals surface area contributed by atoms with Gasteiger partial charge in [0.1, 0.15) is 5.75 Å². The Bertz CT molecular complexity index is 574. The zero-order chi connectivity index (χ0) is 14.7. The van der Waals surface area contributed by atoms with Gasteiger partial charge in [0, 0.05) is 18.7 Å². The Hall–Kier alpha value is -1.92. The van der Waals surface area contributed by atoms with E-state index in [-0.39, 0.29) is 6.10 Å². The summed E-state index contributed by atoms with van der Waals surface area (Å²) in [6.07, 6.45) is 1.44. The van der Waals surface area contributed by atoms with Crippen LogP contribution in [0.4, 0.5) is 0 Å². The van der Waals surface area contributed by atoms with E-state index >= 15 is 0 Å². The van der Waals surface area contributed by atoms with Crippen LogP contribution in [0.5, 0.6) is 5.75 Å². The molecule has 0 atom stereocenters. The van der Waals surface area contributed by atoms with Gasteiger partial charge >= 0.3 is 0 Å². The van der Waals surface area contributed by atoms with Crippen LogP contribution < -0.4 is 4.74 Å². The number of ether oxygens (including phenoxy) is 1. The van der Waals surface area contributed by atoms with Crippen LogP contribution in [0.3, 0.4) is 0 Å². The fraction of sp³-hybridized carbons (Fsp3) is 0.467. The van der Waals surface area contributed by atoms with Gasteiger partial charge in [-0.15, -0.1) is 0 Å². The Morgan fingerprint density at radius 2 is 2.00 bits per heavy atom. The molecule has 6 nitrogen and oxygen atoms in total. The summed E-state index contributed by atoms with van der Waals surface area (Å²) < 4.78 is 10.4. The van der Waals surface area contributed by atoms with E-state index in [0.29, 0.717) is 18.3 Å². The molecule has 0 radical (unpaired) electrons. The van der Waals surface area contributed by atoms with Gasteiger partial charge in [-0.2, -0.15) is 4.98 Å². The van der Waals surface area contributed by atoms with Crippen LogP contribution in [0.1, 0.15) is 18.7 Å². The highest BCUT2D eigenvalue weighted by Gasteiger charge is 2.19. The van der Waals surface area contributed by atoms with Gasteiger partial charge in [-0.1, -0.05) is 5.16 Å². The monoisotopic (exact) mass is 289 g/mol. The number of hydrogen-bond acceptors (Lipinski definition) is 6. The minimum absolute atomic E-state index is 0.168. The number of aliphatic hydroxyl groups excluding tert-OH is 1. The standard InChI is InChI=1S/C15H19N3O3/c1-20-13-4-2-11(3-5-13)15-16-14(21-17-15)10-18-8-6-12(19)7-9-18/h2-5,12,19H,6-10H2,1H3. The average Bonchev–Trinajstić information content (AvgIpc) is 2.98. The van der Waals surface area contributed by atoms with Crippen molar-refractivity contribution in [2.24, 2.45) is 0 Å². The molecular weight excluding hydrogens is 270 g/mol. The highest BCUT2D eigenvalue weighted by Crippen LogP contribution is 2.20. The van der Waals surface area contributed by atoms with Gasteiger partial charge in [0.25, 0.3) is 0 Å². The van der Waals surface area contributed by atoms with Crippen LogP contribution in [0, 0.1) is 0 Å². The van der Waals surface area contributed by atoms with Gasteiger partial charge < -0.3 is 14.4 Å². The number of aromatic nitrogens is 2. The lowest BCUT2D eigenvalue weighted by molar-refractivity contribution is 0.0740. The van der Waals surface area contributed by atoms with Crippen LogP contribution >= 0.6 is 0 Å². The van der Waals surface area contributed by atoms with Gasteiger partial charge in [0.05, 0.1) is 19.8 Å². The third-order valence-electron chi connectivity index (χ3n) is 3.73. The summed E-state index contributed by atoms with van der Waals surface area (Å²) in [6, 6.07) is 7.56. The van der Waals surface area contributed by atoms with Gasteiger partial charge in [0.15, 0.2) is 0 Å². The second-order valence-electron chi connectivity index (χ2n) is 5.25. The van der Waals surface area contributed by atoms with Crippen molar-refractivity contribution in [1.82, 2.24) is 15.0 Å². The largest absolute Gasteiger partial charge is 0.497 e. The Balaban J connectivity index is 1.65. The first-order valence-corrected chi connectivity index (χ1v) is 7.12. The maximum absolute atomic E-state index is 9.50. The van der Waals surface area contributed by atoms with E-state index in [2.05, 4.69) is 15.0 Å². The SMILES string of the molecule is COc1ccc(-c2noc(CN3CCC(O)CC3)n2)cc1. The van der Waals surface area contributed by atoms with Crippen molar-refractivity contribution in [3.8, 4) is 17.1 Å². The molecule has 0 aliphatic carbocycles. The van der Waals surface area contributed by atoms with Gasteiger partial charge in [0.2, 0.25) is 11.7 Å². The summed E-state index contributed by atoms with van der Waals surface area (Å²) in [5, 5.41) is 13.5. The van der Waals surface area contributed by atoms with Crippen molar-refractivity contribution < 1.29 is 14.4 Å². The smallest absolute Gasteiger partial charge is 0.241 e. The molecule has 0 unspecified atom stereocenters. The zero-order valence-electron chi connectivity index (χ0n) is 12.0. The third kappa shape index (κ3) is 3.40. The molecule has 1 aromatic heterocycles. The van der Waals surface area contributed by atoms with E-state index < -0.39 is 0 Å². The minimum Gasteiger partial charge on any atom is -0.497 e. The van der Waals surface area contributed by atoms with Crippen molar-refractivity contribution in [2.75, 3.05) is 20.2 Å². The van der Waals surface area contributed by atoms with E-state index in [1.54, 1.807) is 7.11 Å². The predicted octanol–water partition coefficient (Wildman–Crippen LogP) is 1.70. The first-order chi connectivity index (χ1) is 10.2. The maximum atomic E-state index is 9.50. The highest BCUT2D eigenvalue weighted by atomic mass is 16.5. The van der Waals surface area contributed by atoms with Gasteiger partial charge in [-0.3, -0.25) is 4.90 Å². The Morgan fingerprint density at radius 1 is 1.29 bits per heavy atom. The molecule has 6 heteroatoms. The van der Waals surface area contributed by atoms with E-state index in [0.717, 1.165) is 37.2 Å². The quantitative estimate of drug-likeness (QED) is 0.923. The Kier molecular flexibility index (Phi) is 4.17. The van der Waals surface area contributed by atoms with E-state index in [9.17, 15) is 5.11 Å². The molecular formula is C15H19N3O3. The molecule has 1 fully saturated rings. The molecule has 1 aliphatic heterocycles. The summed E-state index contributed by atoms with van der Waals surface area (Å²) in [7, 11) is 1.64. The van der Waals surface area contributed by atoms with Crippen LogP contribution in [-0.4, -0.2) is 46.5 Å². The molecule has 1 N–H and O–H groups in total. The fourth-order valence-corrected chi connectivity index (χ4v) is 2.45. The first kappa shape index (κ1) is 14.0. The van der Waals surface area contributed by atoms with Crippen LogP contribution in [0.25, 0.3) is 11.4 Å². The number of likely N-dealkylation sites (tertiary alicyclic amines) is 1. The number of nitrogens with zero attached hydrogens (tertiary/aromatic N) is 3. The average molecular weight is 289 g/mol. The molecule has 0 saturated carbocycles. The van der Waals surface area contributed by atoms with Crippen molar-refractivity contribution in [2.45, 2.75) is 25.5 Å². The van der Waals surface area contributed by atoms with Crippen molar-refractivity contribution in [1.29, 1.82) is 0 Å². The number of methoxy groups -OCH3 is 1.